The highest BCUT2D eigenvalue weighted by atomic mass is 16.7. The first-order chi connectivity index (χ1) is 15.8. The molecule has 0 bridgehead atoms. The van der Waals surface area contributed by atoms with Crippen molar-refractivity contribution in [3.63, 3.8) is 0 Å². The molecular weight excluding hydrogens is 426 g/mol. The van der Waals surface area contributed by atoms with E-state index in [2.05, 4.69) is 4.98 Å². The minimum absolute atomic E-state index is 0.100. The van der Waals surface area contributed by atoms with E-state index < -0.39 is 36.5 Å². The standard InChI is InChI=1S/C25H33NO7/c1-16(10-6-4-3-5-7-13-23(28)29)31-25-21(27)14-22(17(2)32-25)33-24(30)19-15-26-20-12-9-8-11-18(19)20/h7-9,11-13,15-17,21-22,25-27H,3-6,10,14H2,1-2H3,(H,28,29). The summed E-state index contributed by atoms with van der Waals surface area (Å²) in [5.41, 5.74) is 1.31. The van der Waals surface area contributed by atoms with Gasteiger partial charge in [0, 0.05) is 29.6 Å². The number of aliphatic carboxylic acids is 1. The van der Waals surface area contributed by atoms with Crippen molar-refractivity contribution in [1.29, 1.82) is 0 Å². The second kappa shape index (κ2) is 12.0. The van der Waals surface area contributed by atoms with E-state index in [0.717, 1.165) is 43.0 Å². The summed E-state index contributed by atoms with van der Waals surface area (Å²) < 4.78 is 17.4. The number of nitrogens with one attached hydrogen (secondary N) is 1. The smallest absolute Gasteiger partial charge is 0.340 e. The number of carboxylic acid groups (broad SMARTS) is 1. The van der Waals surface area contributed by atoms with Crippen LogP contribution in [0.5, 0.6) is 0 Å². The second-order valence-electron chi connectivity index (χ2n) is 8.53. The summed E-state index contributed by atoms with van der Waals surface area (Å²) >= 11 is 0. The summed E-state index contributed by atoms with van der Waals surface area (Å²) in [6, 6.07) is 7.50. The van der Waals surface area contributed by atoms with Crippen molar-refractivity contribution in [3.8, 4) is 0 Å². The van der Waals surface area contributed by atoms with Gasteiger partial charge in [-0.05, 0) is 39.2 Å². The van der Waals surface area contributed by atoms with Crippen LogP contribution in [-0.4, -0.2) is 57.8 Å². The van der Waals surface area contributed by atoms with Crippen LogP contribution in [0.15, 0.2) is 42.6 Å². The van der Waals surface area contributed by atoms with Crippen LogP contribution < -0.4 is 0 Å². The van der Waals surface area contributed by atoms with Crippen LogP contribution in [0.2, 0.25) is 0 Å². The molecule has 180 valence electrons. The molecule has 1 aromatic carbocycles. The van der Waals surface area contributed by atoms with Crippen molar-refractivity contribution in [3.05, 3.63) is 48.2 Å². The SMILES string of the molecule is CC(CCCCCC=CC(=O)O)OC1OC(C)C(OC(=O)c2c[nH]c3ccccc23)CC1O. The molecule has 2 aromatic rings. The van der Waals surface area contributed by atoms with E-state index in [1.807, 2.05) is 38.1 Å². The normalized spacial score (nSPS) is 24.2. The molecule has 0 spiro atoms. The van der Waals surface area contributed by atoms with E-state index in [1.165, 1.54) is 6.08 Å². The summed E-state index contributed by atoms with van der Waals surface area (Å²) in [7, 11) is 0. The third-order valence-electron chi connectivity index (χ3n) is 5.84. The Kier molecular flexibility index (Phi) is 9.05. The Morgan fingerprint density at radius 1 is 1.27 bits per heavy atom. The molecule has 1 saturated heterocycles. The average molecular weight is 460 g/mol. The third kappa shape index (κ3) is 7.15. The number of unbranched alkanes of at least 4 members (excludes halogenated alkanes) is 3. The first kappa shape index (κ1) is 25.0. The molecule has 1 aliphatic rings. The van der Waals surface area contributed by atoms with Gasteiger partial charge in [0.25, 0.3) is 0 Å². The molecule has 2 heterocycles. The van der Waals surface area contributed by atoms with Crippen LogP contribution in [0.1, 0.15) is 62.7 Å². The van der Waals surface area contributed by atoms with Crippen molar-refractivity contribution >= 4 is 22.8 Å². The number of hydrogen-bond donors (Lipinski definition) is 3. The van der Waals surface area contributed by atoms with Crippen LogP contribution in [-0.2, 0) is 19.0 Å². The van der Waals surface area contributed by atoms with E-state index in [0.29, 0.717) is 5.56 Å². The molecule has 1 aromatic heterocycles. The van der Waals surface area contributed by atoms with Crippen LogP contribution in [0.25, 0.3) is 10.9 Å². The van der Waals surface area contributed by atoms with Gasteiger partial charge in [0.15, 0.2) is 6.29 Å². The van der Waals surface area contributed by atoms with Gasteiger partial charge in [-0.1, -0.05) is 37.1 Å². The van der Waals surface area contributed by atoms with E-state index in [1.54, 1.807) is 12.3 Å². The number of benzene rings is 1. The maximum Gasteiger partial charge on any atom is 0.340 e. The molecule has 8 heteroatoms. The lowest BCUT2D eigenvalue weighted by atomic mass is 10.0. The minimum Gasteiger partial charge on any atom is -0.478 e. The second-order valence-corrected chi connectivity index (χ2v) is 8.53. The van der Waals surface area contributed by atoms with E-state index in [-0.39, 0.29) is 12.5 Å². The number of hydrogen-bond acceptors (Lipinski definition) is 6. The molecule has 5 unspecified atom stereocenters. The Labute approximate surface area is 193 Å². The number of carboxylic acids is 1. The molecule has 33 heavy (non-hydrogen) atoms. The molecule has 0 saturated carbocycles. The van der Waals surface area contributed by atoms with Gasteiger partial charge in [-0.2, -0.15) is 0 Å². The van der Waals surface area contributed by atoms with Gasteiger partial charge < -0.3 is 29.4 Å². The zero-order valence-corrected chi connectivity index (χ0v) is 19.1. The molecule has 3 rings (SSSR count). The summed E-state index contributed by atoms with van der Waals surface area (Å²) in [4.78, 5) is 26.2. The number of carbonyl (C=O) groups excluding carboxylic acids is 1. The lowest BCUT2D eigenvalue weighted by Gasteiger charge is -2.38. The largest absolute Gasteiger partial charge is 0.478 e. The highest BCUT2D eigenvalue weighted by Crippen LogP contribution is 2.27. The van der Waals surface area contributed by atoms with Crippen molar-refractivity contribution in [2.45, 2.75) is 83.1 Å². The Hall–Kier alpha value is -2.68. The number of ether oxygens (including phenoxy) is 3. The maximum absolute atomic E-state index is 12.7. The predicted molar refractivity (Wildman–Crippen MR) is 123 cm³/mol. The number of para-hydroxylation sites is 1. The van der Waals surface area contributed by atoms with E-state index in [9.17, 15) is 14.7 Å². The lowest BCUT2D eigenvalue weighted by molar-refractivity contribution is -0.273. The van der Waals surface area contributed by atoms with Crippen molar-refractivity contribution in [2.75, 3.05) is 0 Å². The molecule has 8 nitrogen and oxygen atoms in total. The number of allylic oxidation sites excluding steroid dienone is 1. The Balaban J connectivity index is 1.42. The number of aromatic amines is 1. The molecule has 5 atom stereocenters. The molecule has 1 aliphatic heterocycles. The number of rotatable bonds is 11. The predicted octanol–water partition coefficient (Wildman–Crippen LogP) is 4.19. The fourth-order valence-electron chi connectivity index (χ4n) is 3.99. The number of H-pyrrole nitrogens is 1. The first-order valence-corrected chi connectivity index (χ1v) is 11.5. The molecule has 0 radical (unpaired) electrons. The topological polar surface area (TPSA) is 118 Å². The molecule has 1 fully saturated rings. The van der Waals surface area contributed by atoms with E-state index >= 15 is 0 Å². The Morgan fingerprint density at radius 3 is 2.85 bits per heavy atom. The number of carbonyl (C=O) groups is 2. The zero-order chi connectivity index (χ0) is 23.8. The fraction of sp³-hybridized carbons (Fsp3) is 0.520. The van der Waals surface area contributed by atoms with Crippen molar-refractivity contribution in [1.82, 2.24) is 4.98 Å². The summed E-state index contributed by atoms with van der Waals surface area (Å²) in [6.45, 7) is 3.75. The van der Waals surface area contributed by atoms with Gasteiger partial charge in [-0.15, -0.1) is 0 Å². The van der Waals surface area contributed by atoms with Gasteiger partial charge >= 0.3 is 11.9 Å². The first-order valence-electron chi connectivity index (χ1n) is 11.5. The number of aliphatic hydroxyl groups excluding tert-OH is 1. The molecule has 3 N–H and O–H groups in total. The highest BCUT2D eigenvalue weighted by molar-refractivity contribution is 6.04. The number of esters is 1. The summed E-state index contributed by atoms with van der Waals surface area (Å²) in [6.07, 6.45) is 6.31. The monoisotopic (exact) mass is 459 g/mol. The van der Waals surface area contributed by atoms with Crippen molar-refractivity contribution in [2.24, 2.45) is 0 Å². The fourth-order valence-corrected chi connectivity index (χ4v) is 3.99. The zero-order valence-electron chi connectivity index (χ0n) is 19.1. The molecule has 0 amide bonds. The Morgan fingerprint density at radius 2 is 2.06 bits per heavy atom. The molecule has 0 aliphatic carbocycles. The van der Waals surface area contributed by atoms with Gasteiger partial charge in [-0.25, -0.2) is 9.59 Å². The van der Waals surface area contributed by atoms with Gasteiger partial charge in [0.2, 0.25) is 0 Å². The van der Waals surface area contributed by atoms with E-state index in [4.69, 9.17) is 19.3 Å². The Bertz CT molecular complexity index is 953. The summed E-state index contributed by atoms with van der Waals surface area (Å²) in [5.74, 6) is -1.38. The van der Waals surface area contributed by atoms with Crippen molar-refractivity contribution < 1.29 is 34.0 Å². The quantitative estimate of drug-likeness (QED) is 0.262. The van der Waals surface area contributed by atoms with Gasteiger partial charge in [0.05, 0.1) is 17.8 Å². The summed E-state index contributed by atoms with van der Waals surface area (Å²) in [5, 5.41) is 19.9. The highest BCUT2D eigenvalue weighted by Gasteiger charge is 2.38. The average Bonchev–Trinajstić information content (AvgIpc) is 3.20. The minimum atomic E-state index is -0.924. The van der Waals surface area contributed by atoms with Gasteiger partial charge in [-0.3, -0.25) is 0 Å². The van der Waals surface area contributed by atoms with Gasteiger partial charge in [0.1, 0.15) is 12.2 Å². The van der Waals surface area contributed by atoms with Crippen LogP contribution >= 0.6 is 0 Å². The number of fused-ring (bicyclic) bond motifs is 1. The van der Waals surface area contributed by atoms with Crippen LogP contribution in [0.4, 0.5) is 0 Å². The number of aromatic nitrogens is 1. The number of aliphatic hydroxyl groups is 1. The third-order valence-corrected chi connectivity index (χ3v) is 5.84. The maximum atomic E-state index is 12.7. The van der Waals surface area contributed by atoms with Crippen LogP contribution in [0, 0.1) is 0 Å². The lowest BCUT2D eigenvalue weighted by Crippen LogP contribution is -2.49. The molecular formula is C25H33NO7. The van der Waals surface area contributed by atoms with Crippen LogP contribution in [0.3, 0.4) is 0 Å².